The Balaban J connectivity index is 1.83. The van der Waals surface area contributed by atoms with Gasteiger partial charge < -0.3 is 5.32 Å². The number of amides is 1. The summed E-state index contributed by atoms with van der Waals surface area (Å²) in [5.41, 5.74) is 1.84. The van der Waals surface area contributed by atoms with E-state index in [1.807, 2.05) is 36.9 Å². The van der Waals surface area contributed by atoms with Crippen molar-refractivity contribution >= 4 is 5.91 Å². The molecule has 0 atom stereocenters. The van der Waals surface area contributed by atoms with Crippen LogP contribution in [0.15, 0.2) is 24.5 Å². The van der Waals surface area contributed by atoms with Gasteiger partial charge in [-0.1, -0.05) is 0 Å². The molecular formula is C12H17N5O. The maximum absolute atomic E-state index is 11.7. The summed E-state index contributed by atoms with van der Waals surface area (Å²) in [4.78, 5) is 11.7. The first-order valence-electron chi connectivity index (χ1n) is 5.96. The zero-order valence-electron chi connectivity index (χ0n) is 10.6. The van der Waals surface area contributed by atoms with Gasteiger partial charge in [-0.15, -0.1) is 0 Å². The minimum atomic E-state index is -0.0622. The molecule has 0 aromatic carbocycles. The van der Waals surface area contributed by atoms with Gasteiger partial charge in [0, 0.05) is 24.6 Å². The van der Waals surface area contributed by atoms with Crippen LogP contribution in [0.2, 0.25) is 0 Å². The Hall–Kier alpha value is -2.11. The third-order valence-corrected chi connectivity index (χ3v) is 2.71. The molecule has 0 unspecified atom stereocenters. The fraction of sp³-hybridized carbons (Fsp3) is 0.417. The molecule has 2 heterocycles. The minimum absolute atomic E-state index is 0.0622. The highest BCUT2D eigenvalue weighted by molar-refractivity contribution is 5.75. The predicted molar refractivity (Wildman–Crippen MR) is 66.7 cm³/mol. The van der Waals surface area contributed by atoms with Crippen LogP contribution in [0, 0.1) is 6.92 Å². The first-order chi connectivity index (χ1) is 8.69. The molecule has 2 aromatic rings. The number of nitrogens with zero attached hydrogens (tertiary/aromatic N) is 4. The summed E-state index contributed by atoms with van der Waals surface area (Å²) in [7, 11) is 0. The number of aryl methyl sites for hydroxylation is 2. The molecule has 6 heteroatoms. The summed E-state index contributed by atoms with van der Waals surface area (Å²) >= 11 is 0. The number of nitrogens with one attached hydrogen (secondary N) is 1. The summed E-state index contributed by atoms with van der Waals surface area (Å²) in [6, 6.07) is 3.78. The van der Waals surface area contributed by atoms with Crippen molar-refractivity contribution in [3.63, 3.8) is 0 Å². The molecular weight excluding hydrogens is 230 g/mol. The minimum Gasteiger partial charge on any atom is -0.349 e. The molecule has 2 rings (SSSR count). The van der Waals surface area contributed by atoms with Gasteiger partial charge in [-0.25, -0.2) is 0 Å². The van der Waals surface area contributed by atoms with E-state index in [4.69, 9.17) is 0 Å². The zero-order chi connectivity index (χ0) is 13.0. The maximum atomic E-state index is 11.7. The highest BCUT2D eigenvalue weighted by Crippen LogP contribution is 1.97. The second-order valence-corrected chi connectivity index (χ2v) is 4.07. The van der Waals surface area contributed by atoms with Crippen LogP contribution in [0.4, 0.5) is 0 Å². The highest BCUT2D eigenvalue weighted by atomic mass is 16.2. The van der Waals surface area contributed by atoms with E-state index in [1.165, 1.54) is 0 Å². The molecule has 0 fully saturated rings. The van der Waals surface area contributed by atoms with E-state index in [0.717, 1.165) is 17.9 Å². The smallest absolute Gasteiger partial charge is 0.242 e. The lowest BCUT2D eigenvalue weighted by molar-refractivity contribution is -0.122. The molecule has 1 amide bonds. The van der Waals surface area contributed by atoms with Crippen LogP contribution in [0.5, 0.6) is 0 Å². The van der Waals surface area contributed by atoms with E-state index in [1.54, 1.807) is 10.9 Å². The first kappa shape index (κ1) is 12.3. The van der Waals surface area contributed by atoms with Crippen LogP contribution in [0.3, 0.4) is 0 Å². The van der Waals surface area contributed by atoms with Gasteiger partial charge in [0.25, 0.3) is 0 Å². The number of rotatable bonds is 5. The molecule has 96 valence electrons. The number of carbonyl (C=O) groups is 1. The fourth-order valence-corrected chi connectivity index (χ4v) is 1.62. The van der Waals surface area contributed by atoms with Gasteiger partial charge in [-0.05, 0) is 26.0 Å². The highest BCUT2D eigenvalue weighted by Gasteiger charge is 2.06. The van der Waals surface area contributed by atoms with E-state index < -0.39 is 0 Å². The van der Waals surface area contributed by atoms with Gasteiger partial charge in [0.05, 0.1) is 12.2 Å². The normalized spacial score (nSPS) is 10.6. The van der Waals surface area contributed by atoms with Crippen molar-refractivity contribution in [3.05, 3.63) is 35.9 Å². The second kappa shape index (κ2) is 5.48. The summed E-state index contributed by atoms with van der Waals surface area (Å²) in [5.74, 6) is -0.0622. The van der Waals surface area contributed by atoms with Crippen molar-refractivity contribution in [3.8, 4) is 0 Å². The Kier molecular flexibility index (Phi) is 3.76. The van der Waals surface area contributed by atoms with Gasteiger partial charge in [-0.2, -0.15) is 10.2 Å². The van der Waals surface area contributed by atoms with Crippen LogP contribution in [0.25, 0.3) is 0 Å². The second-order valence-electron chi connectivity index (χ2n) is 4.07. The first-order valence-corrected chi connectivity index (χ1v) is 5.96. The number of hydrogen-bond donors (Lipinski definition) is 1. The third-order valence-electron chi connectivity index (χ3n) is 2.71. The molecule has 0 saturated carbocycles. The molecule has 1 N–H and O–H groups in total. The van der Waals surface area contributed by atoms with Crippen LogP contribution in [-0.2, 0) is 24.4 Å². The van der Waals surface area contributed by atoms with Gasteiger partial charge in [0.2, 0.25) is 5.91 Å². The third kappa shape index (κ3) is 2.97. The molecule has 6 nitrogen and oxygen atoms in total. The van der Waals surface area contributed by atoms with Gasteiger partial charge >= 0.3 is 0 Å². The van der Waals surface area contributed by atoms with E-state index in [2.05, 4.69) is 15.5 Å². The van der Waals surface area contributed by atoms with Gasteiger partial charge in [0.15, 0.2) is 0 Å². The largest absolute Gasteiger partial charge is 0.349 e. The lowest BCUT2D eigenvalue weighted by Gasteiger charge is -2.05. The standard InChI is InChI=1S/C12H17N5O/c1-3-16-7-5-11(15-16)8-13-12(18)9-17-10(2)4-6-14-17/h4-7H,3,8-9H2,1-2H3,(H,13,18). The SMILES string of the molecule is CCn1ccc(CNC(=O)Cn2nccc2C)n1. The Bertz CT molecular complexity index is 528. The summed E-state index contributed by atoms with van der Waals surface area (Å²) in [6.07, 6.45) is 3.59. The Morgan fingerprint density at radius 1 is 1.44 bits per heavy atom. The van der Waals surface area contributed by atoms with E-state index in [0.29, 0.717) is 6.54 Å². The molecule has 18 heavy (non-hydrogen) atoms. The molecule has 2 aromatic heterocycles. The van der Waals surface area contributed by atoms with Gasteiger partial charge in [0.1, 0.15) is 6.54 Å². The summed E-state index contributed by atoms with van der Waals surface area (Å²) in [5, 5.41) is 11.2. The monoisotopic (exact) mass is 247 g/mol. The van der Waals surface area contributed by atoms with Gasteiger partial charge in [-0.3, -0.25) is 14.2 Å². The molecule has 0 aliphatic rings. The van der Waals surface area contributed by atoms with Crippen molar-refractivity contribution in [1.29, 1.82) is 0 Å². The fourth-order valence-electron chi connectivity index (χ4n) is 1.62. The lowest BCUT2D eigenvalue weighted by Crippen LogP contribution is -2.28. The van der Waals surface area contributed by atoms with E-state index in [-0.39, 0.29) is 12.5 Å². The summed E-state index contributed by atoms with van der Waals surface area (Å²) in [6.45, 7) is 5.47. The molecule has 0 aliphatic carbocycles. The van der Waals surface area contributed by atoms with Crippen LogP contribution < -0.4 is 5.32 Å². The Labute approximate surface area is 106 Å². The van der Waals surface area contributed by atoms with Crippen LogP contribution in [0.1, 0.15) is 18.3 Å². The van der Waals surface area contributed by atoms with Crippen LogP contribution >= 0.6 is 0 Å². The van der Waals surface area contributed by atoms with Crippen molar-refractivity contribution in [2.75, 3.05) is 0 Å². The van der Waals surface area contributed by atoms with E-state index >= 15 is 0 Å². The Morgan fingerprint density at radius 3 is 2.89 bits per heavy atom. The quantitative estimate of drug-likeness (QED) is 0.847. The van der Waals surface area contributed by atoms with Crippen molar-refractivity contribution in [1.82, 2.24) is 24.9 Å². The molecule has 0 radical (unpaired) electrons. The average molecular weight is 247 g/mol. The predicted octanol–water partition coefficient (Wildman–Crippen LogP) is 0.724. The number of hydrogen-bond acceptors (Lipinski definition) is 3. The van der Waals surface area contributed by atoms with Crippen molar-refractivity contribution in [2.45, 2.75) is 33.5 Å². The molecule has 0 saturated heterocycles. The molecule has 0 aliphatic heterocycles. The zero-order valence-corrected chi connectivity index (χ0v) is 10.6. The average Bonchev–Trinajstić information content (AvgIpc) is 2.97. The number of carbonyl (C=O) groups excluding carboxylic acids is 1. The van der Waals surface area contributed by atoms with Crippen LogP contribution in [-0.4, -0.2) is 25.5 Å². The van der Waals surface area contributed by atoms with Crippen molar-refractivity contribution in [2.24, 2.45) is 0 Å². The lowest BCUT2D eigenvalue weighted by atomic mass is 10.4. The number of aromatic nitrogens is 4. The van der Waals surface area contributed by atoms with E-state index in [9.17, 15) is 4.79 Å². The maximum Gasteiger partial charge on any atom is 0.242 e. The Morgan fingerprint density at radius 2 is 2.28 bits per heavy atom. The summed E-state index contributed by atoms with van der Waals surface area (Å²) < 4.78 is 3.50. The topological polar surface area (TPSA) is 64.7 Å². The molecule has 0 bridgehead atoms. The molecule has 0 spiro atoms. The van der Waals surface area contributed by atoms with Crippen molar-refractivity contribution < 1.29 is 4.79 Å².